The van der Waals surface area contributed by atoms with Crippen LogP contribution in [0.25, 0.3) is 0 Å². The summed E-state index contributed by atoms with van der Waals surface area (Å²) >= 11 is 6.13. The van der Waals surface area contributed by atoms with E-state index in [1.165, 1.54) is 12.8 Å². The predicted molar refractivity (Wildman–Crippen MR) is 87.0 cm³/mol. The van der Waals surface area contributed by atoms with Crippen molar-refractivity contribution in [1.29, 1.82) is 0 Å². The van der Waals surface area contributed by atoms with Crippen LogP contribution in [0, 0.1) is 0 Å². The van der Waals surface area contributed by atoms with E-state index in [4.69, 9.17) is 11.6 Å². The summed E-state index contributed by atoms with van der Waals surface area (Å²) in [5, 5.41) is 14.4. The molecule has 114 valence electrons. The Morgan fingerprint density at radius 2 is 2.05 bits per heavy atom. The Labute approximate surface area is 128 Å². The molecule has 0 aromatic rings. The number of rotatable bonds is 7. The van der Waals surface area contributed by atoms with Crippen molar-refractivity contribution in [2.24, 2.45) is 0 Å². The van der Waals surface area contributed by atoms with Crippen molar-refractivity contribution in [1.82, 2.24) is 10.2 Å². The molecule has 20 heavy (non-hydrogen) atoms. The Hall–Kier alpha value is -0.610. The molecule has 3 nitrogen and oxygen atoms in total. The van der Waals surface area contributed by atoms with Gasteiger partial charge in [-0.1, -0.05) is 24.3 Å². The van der Waals surface area contributed by atoms with Crippen molar-refractivity contribution in [3.05, 3.63) is 34.9 Å². The molecule has 1 saturated heterocycles. The lowest BCUT2D eigenvalue weighted by atomic mass is 10.0. The van der Waals surface area contributed by atoms with Crippen LogP contribution in [0.4, 0.5) is 0 Å². The van der Waals surface area contributed by atoms with Crippen molar-refractivity contribution in [3.63, 3.8) is 0 Å². The van der Waals surface area contributed by atoms with Gasteiger partial charge in [-0.3, -0.25) is 0 Å². The first-order chi connectivity index (χ1) is 9.49. The van der Waals surface area contributed by atoms with Gasteiger partial charge in [0.05, 0.1) is 6.10 Å². The highest BCUT2D eigenvalue weighted by atomic mass is 35.5. The third-order valence-corrected chi connectivity index (χ3v) is 4.21. The molecule has 0 radical (unpaired) electrons. The lowest BCUT2D eigenvalue weighted by molar-refractivity contribution is 0.141. The molecule has 1 fully saturated rings. The third kappa shape index (κ3) is 5.06. The molecule has 0 amide bonds. The number of hydrogen-bond acceptors (Lipinski definition) is 3. The molecule has 0 saturated carbocycles. The van der Waals surface area contributed by atoms with E-state index in [0.29, 0.717) is 5.03 Å². The molecule has 1 aliphatic rings. The minimum absolute atomic E-state index is 0.00476. The van der Waals surface area contributed by atoms with Crippen LogP contribution in [0.15, 0.2) is 34.9 Å². The number of nitrogens with zero attached hydrogens (tertiary/aromatic N) is 1. The molecule has 0 aromatic heterocycles. The van der Waals surface area contributed by atoms with Gasteiger partial charge in [-0.2, -0.15) is 0 Å². The lowest BCUT2D eigenvalue weighted by Crippen LogP contribution is -2.46. The van der Waals surface area contributed by atoms with Crippen LogP contribution in [0.3, 0.4) is 0 Å². The van der Waals surface area contributed by atoms with Crippen molar-refractivity contribution >= 4 is 11.6 Å². The zero-order chi connectivity index (χ0) is 15.1. The van der Waals surface area contributed by atoms with Crippen LogP contribution >= 0.6 is 11.6 Å². The van der Waals surface area contributed by atoms with Gasteiger partial charge >= 0.3 is 0 Å². The zero-order valence-electron chi connectivity index (χ0n) is 12.8. The van der Waals surface area contributed by atoms with E-state index in [0.717, 1.165) is 30.8 Å². The maximum Gasteiger partial charge on any atom is 0.0952 e. The summed E-state index contributed by atoms with van der Waals surface area (Å²) in [4.78, 5) is 2.39. The van der Waals surface area contributed by atoms with E-state index in [1.54, 1.807) is 0 Å². The number of aliphatic hydroxyl groups is 1. The van der Waals surface area contributed by atoms with Gasteiger partial charge in [0.2, 0.25) is 0 Å². The number of likely N-dealkylation sites (N-methyl/N-ethyl adjacent to an activating group) is 1. The zero-order valence-corrected chi connectivity index (χ0v) is 13.6. The summed E-state index contributed by atoms with van der Waals surface area (Å²) in [7, 11) is 1.89. The molecule has 0 aliphatic carbocycles. The fraction of sp³-hybridized carbons (Fsp3) is 0.625. The van der Waals surface area contributed by atoms with E-state index >= 15 is 0 Å². The van der Waals surface area contributed by atoms with Crippen molar-refractivity contribution in [3.8, 4) is 0 Å². The minimum Gasteiger partial charge on any atom is -0.387 e. The van der Waals surface area contributed by atoms with E-state index in [1.807, 2.05) is 33.0 Å². The van der Waals surface area contributed by atoms with E-state index < -0.39 is 6.10 Å². The highest BCUT2D eigenvalue weighted by molar-refractivity contribution is 6.32. The summed E-state index contributed by atoms with van der Waals surface area (Å²) in [6.07, 6.45) is 5.65. The van der Waals surface area contributed by atoms with Crippen LogP contribution in [0.1, 0.15) is 26.7 Å². The summed E-state index contributed by atoms with van der Waals surface area (Å²) in [6.45, 7) is 10.7. The van der Waals surface area contributed by atoms with Crippen molar-refractivity contribution in [2.75, 3.05) is 26.7 Å². The summed E-state index contributed by atoms with van der Waals surface area (Å²) < 4.78 is 0. The highest BCUT2D eigenvalue weighted by Gasteiger charge is 2.24. The van der Waals surface area contributed by atoms with E-state index in [2.05, 4.69) is 16.8 Å². The van der Waals surface area contributed by atoms with Gasteiger partial charge in [0, 0.05) is 17.6 Å². The van der Waals surface area contributed by atoms with Crippen molar-refractivity contribution < 1.29 is 5.11 Å². The highest BCUT2D eigenvalue weighted by Crippen LogP contribution is 2.19. The van der Waals surface area contributed by atoms with Gasteiger partial charge in [-0.15, -0.1) is 0 Å². The first-order valence-electron chi connectivity index (χ1n) is 7.26. The number of allylic oxidation sites excluding steroid dienone is 3. The average Bonchev–Trinajstić information content (AvgIpc) is 2.93. The Kier molecular flexibility index (Phi) is 7.52. The second-order valence-electron chi connectivity index (χ2n) is 5.41. The monoisotopic (exact) mass is 298 g/mol. The number of nitrogens with one attached hydrogen (secondary N) is 1. The van der Waals surface area contributed by atoms with Gasteiger partial charge in [0.1, 0.15) is 0 Å². The van der Waals surface area contributed by atoms with Crippen molar-refractivity contribution in [2.45, 2.75) is 38.8 Å². The second-order valence-corrected chi connectivity index (χ2v) is 5.82. The van der Waals surface area contributed by atoms with Gasteiger partial charge in [-0.25, -0.2) is 0 Å². The number of likely N-dealkylation sites (tertiary alicyclic amines) is 1. The molecule has 4 heteroatoms. The van der Waals surface area contributed by atoms with Crippen LogP contribution < -0.4 is 5.32 Å². The first kappa shape index (κ1) is 17.4. The molecule has 0 aromatic carbocycles. The fourth-order valence-electron chi connectivity index (χ4n) is 2.43. The molecule has 2 N–H and O–H groups in total. The number of halogens is 1. The van der Waals surface area contributed by atoms with Gasteiger partial charge in [0.15, 0.2) is 0 Å². The maximum absolute atomic E-state index is 10.6. The third-order valence-electron chi connectivity index (χ3n) is 3.78. The predicted octanol–water partition coefficient (Wildman–Crippen LogP) is 2.68. The summed E-state index contributed by atoms with van der Waals surface area (Å²) in [6, 6.07) is 0.00476. The molecule has 1 rings (SSSR count). The van der Waals surface area contributed by atoms with Crippen LogP contribution in [-0.2, 0) is 0 Å². The van der Waals surface area contributed by atoms with Gasteiger partial charge in [0.25, 0.3) is 0 Å². The van der Waals surface area contributed by atoms with Crippen LogP contribution in [0.2, 0.25) is 0 Å². The van der Waals surface area contributed by atoms with Gasteiger partial charge in [-0.05, 0) is 64.0 Å². The molecular weight excluding hydrogens is 272 g/mol. The Morgan fingerprint density at radius 3 is 2.50 bits per heavy atom. The van der Waals surface area contributed by atoms with Crippen LogP contribution in [-0.4, -0.2) is 48.8 Å². The summed E-state index contributed by atoms with van der Waals surface area (Å²) in [5.41, 5.74) is 1.63. The van der Waals surface area contributed by atoms with E-state index in [9.17, 15) is 5.11 Å². The topological polar surface area (TPSA) is 35.5 Å². The molecule has 2 unspecified atom stereocenters. The molecule has 0 bridgehead atoms. The second kappa shape index (κ2) is 8.63. The standard InChI is InChI=1S/C16H27ClN2O/c1-5-13(10-14(17)12(2)3)16(20)15(18-4)11-19-8-6-7-9-19/h5,10,15-16,18,20H,2,6-9,11H2,1,3-4H3. The molecular formula is C16H27ClN2O. The lowest BCUT2D eigenvalue weighted by Gasteiger charge is -2.28. The van der Waals surface area contributed by atoms with Crippen LogP contribution in [0.5, 0.6) is 0 Å². The quantitative estimate of drug-likeness (QED) is 0.709. The Morgan fingerprint density at radius 1 is 1.45 bits per heavy atom. The smallest absolute Gasteiger partial charge is 0.0952 e. The largest absolute Gasteiger partial charge is 0.387 e. The summed E-state index contributed by atoms with van der Waals surface area (Å²) in [5.74, 6) is 0. The minimum atomic E-state index is -0.571. The number of aliphatic hydroxyl groups excluding tert-OH is 1. The normalized spacial score (nSPS) is 21.1. The average molecular weight is 299 g/mol. The molecule has 1 heterocycles. The van der Waals surface area contributed by atoms with E-state index in [-0.39, 0.29) is 6.04 Å². The molecule has 2 atom stereocenters. The number of hydrogen-bond donors (Lipinski definition) is 2. The first-order valence-corrected chi connectivity index (χ1v) is 7.64. The fourth-order valence-corrected chi connectivity index (χ4v) is 2.56. The SMILES string of the molecule is C=C(C)C(Cl)=CC(=CC)C(O)C(CN1CCCC1)NC. The maximum atomic E-state index is 10.6. The molecule has 1 aliphatic heterocycles. The van der Waals surface area contributed by atoms with Gasteiger partial charge < -0.3 is 15.3 Å². The Balaban J connectivity index is 2.74. The molecule has 0 spiro atoms. The Bertz CT molecular complexity index is 384.